The summed E-state index contributed by atoms with van der Waals surface area (Å²) >= 11 is 0. The zero-order valence-electron chi connectivity index (χ0n) is 10.5. The van der Waals surface area contributed by atoms with Gasteiger partial charge < -0.3 is 4.90 Å². The molecular formula is C13H12ClNO4S. The molecule has 20 heavy (non-hydrogen) atoms. The Bertz CT molecular complexity index is 713. The smallest absolute Gasteiger partial charge is 0.237 e. The number of fused-ring (bicyclic) bond motifs is 1. The molecule has 1 atom stereocenters. The van der Waals surface area contributed by atoms with Crippen LogP contribution in [0.5, 0.6) is 0 Å². The summed E-state index contributed by atoms with van der Waals surface area (Å²) in [5, 5.41) is -0.869. The van der Waals surface area contributed by atoms with Crippen molar-refractivity contribution in [3.63, 3.8) is 0 Å². The van der Waals surface area contributed by atoms with Crippen LogP contribution in [0.4, 0.5) is 5.69 Å². The first-order chi connectivity index (χ1) is 9.36. The fraction of sp³-hybridized carbons (Fsp3) is 0.385. The van der Waals surface area contributed by atoms with Crippen molar-refractivity contribution >= 4 is 37.1 Å². The van der Waals surface area contributed by atoms with Crippen LogP contribution in [-0.2, 0) is 20.3 Å². The average Bonchev–Trinajstić information content (AvgIpc) is 2.93. The fourth-order valence-corrected chi connectivity index (χ4v) is 3.75. The third kappa shape index (κ3) is 2.23. The van der Waals surface area contributed by atoms with Crippen molar-refractivity contribution < 1.29 is 18.0 Å². The molecule has 1 saturated heterocycles. The summed E-state index contributed by atoms with van der Waals surface area (Å²) in [6.45, 7) is 0.0669. The average molecular weight is 314 g/mol. The molecule has 1 fully saturated rings. The molecule has 0 N–H and O–H groups in total. The maximum Gasteiger partial charge on any atom is 0.237 e. The predicted octanol–water partition coefficient (Wildman–Crippen LogP) is 1.49. The topological polar surface area (TPSA) is 71.5 Å². The van der Waals surface area contributed by atoms with E-state index in [1.807, 2.05) is 0 Å². The van der Waals surface area contributed by atoms with E-state index in [2.05, 4.69) is 0 Å². The van der Waals surface area contributed by atoms with Crippen molar-refractivity contribution in [2.24, 2.45) is 0 Å². The van der Waals surface area contributed by atoms with Crippen LogP contribution < -0.4 is 4.90 Å². The summed E-state index contributed by atoms with van der Waals surface area (Å²) < 4.78 is 22.7. The molecule has 1 aliphatic heterocycles. The molecule has 0 aromatic heterocycles. The highest BCUT2D eigenvalue weighted by molar-refractivity contribution is 8.14. The lowest BCUT2D eigenvalue weighted by Crippen LogP contribution is -2.26. The van der Waals surface area contributed by atoms with Gasteiger partial charge in [-0.1, -0.05) is 0 Å². The number of carbonyl (C=O) groups is 2. The van der Waals surface area contributed by atoms with Gasteiger partial charge in [0.05, 0.1) is 0 Å². The van der Waals surface area contributed by atoms with Gasteiger partial charge in [-0.3, -0.25) is 9.59 Å². The molecular weight excluding hydrogens is 302 g/mol. The van der Waals surface area contributed by atoms with Crippen molar-refractivity contribution in [1.29, 1.82) is 0 Å². The highest BCUT2D eigenvalue weighted by Crippen LogP contribution is 2.31. The predicted molar refractivity (Wildman–Crippen MR) is 74.6 cm³/mol. The lowest BCUT2D eigenvalue weighted by Gasteiger charge is -2.17. The van der Waals surface area contributed by atoms with Gasteiger partial charge in [0.15, 0.2) is 5.78 Å². The molecule has 5 nitrogen and oxygen atoms in total. The van der Waals surface area contributed by atoms with E-state index >= 15 is 0 Å². The van der Waals surface area contributed by atoms with Gasteiger partial charge in [0.2, 0.25) is 15.0 Å². The second-order valence-corrected chi connectivity index (χ2v) is 7.98. The molecule has 1 aromatic rings. The number of hydrogen-bond acceptors (Lipinski definition) is 4. The summed E-state index contributed by atoms with van der Waals surface area (Å²) in [6, 6.07) is 5.18. The molecule has 106 valence electrons. The first-order valence-corrected chi connectivity index (χ1v) is 8.63. The zero-order chi connectivity index (χ0) is 14.5. The number of halogens is 1. The fourth-order valence-electron chi connectivity index (χ4n) is 2.72. The summed E-state index contributed by atoms with van der Waals surface area (Å²) in [5.74, 6) is -0.149. The molecule has 1 aromatic carbocycles. The number of benzene rings is 1. The maximum absolute atomic E-state index is 11.9. The van der Waals surface area contributed by atoms with Gasteiger partial charge >= 0.3 is 0 Å². The van der Waals surface area contributed by atoms with Gasteiger partial charge in [-0.2, -0.15) is 0 Å². The summed E-state index contributed by atoms with van der Waals surface area (Å²) in [4.78, 5) is 24.9. The third-order valence-corrected chi connectivity index (χ3v) is 5.68. The van der Waals surface area contributed by atoms with Gasteiger partial charge in [0.1, 0.15) is 5.25 Å². The van der Waals surface area contributed by atoms with Crippen LogP contribution in [0.3, 0.4) is 0 Å². The van der Waals surface area contributed by atoms with E-state index in [1.165, 1.54) is 4.90 Å². The first kappa shape index (κ1) is 13.6. The second-order valence-electron chi connectivity index (χ2n) is 5.07. The highest BCUT2D eigenvalue weighted by Gasteiger charge is 2.38. The Morgan fingerprint density at radius 2 is 1.95 bits per heavy atom. The van der Waals surface area contributed by atoms with E-state index in [-0.39, 0.29) is 24.7 Å². The molecule has 0 bridgehead atoms. The Kier molecular flexibility index (Phi) is 3.10. The van der Waals surface area contributed by atoms with Crippen molar-refractivity contribution in [2.45, 2.75) is 24.5 Å². The minimum Gasteiger partial charge on any atom is -0.311 e. The normalized spacial score (nSPS) is 22.4. The minimum atomic E-state index is -3.74. The second kappa shape index (κ2) is 4.56. The van der Waals surface area contributed by atoms with Crippen molar-refractivity contribution in [1.82, 2.24) is 0 Å². The van der Waals surface area contributed by atoms with E-state index in [4.69, 9.17) is 10.7 Å². The molecule has 0 radical (unpaired) electrons. The molecule has 3 rings (SSSR count). The summed E-state index contributed by atoms with van der Waals surface area (Å²) in [5.41, 5.74) is 2.24. The van der Waals surface area contributed by atoms with Gasteiger partial charge in [0, 0.05) is 41.3 Å². The van der Waals surface area contributed by atoms with Crippen LogP contribution >= 0.6 is 10.7 Å². The lowest BCUT2D eigenvalue weighted by molar-refractivity contribution is -0.117. The van der Waals surface area contributed by atoms with Crippen molar-refractivity contribution in [3.05, 3.63) is 29.3 Å². The highest BCUT2D eigenvalue weighted by atomic mass is 35.7. The van der Waals surface area contributed by atoms with Crippen LogP contribution in [-0.4, -0.2) is 31.9 Å². The molecule has 2 aliphatic rings. The quantitative estimate of drug-likeness (QED) is 0.776. The Balaban J connectivity index is 1.91. The molecule has 1 heterocycles. The number of amides is 1. The standard InChI is InChI=1S/C13H12ClNO4S/c14-20(18,19)10-6-13(17)15(7-10)9-2-3-11-8(5-9)1-4-12(11)16/h2-3,5,10H,1,4,6-7H2. The number of Topliss-reactive ketones (excluding diaryl/α,β-unsaturated/α-hetero) is 1. The van der Waals surface area contributed by atoms with Crippen LogP contribution in [0, 0.1) is 0 Å². The van der Waals surface area contributed by atoms with Gasteiger partial charge in [0.25, 0.3) is 0 Å². The Morgan fingerprint density at radius 1 is 1.20 bits per heavy atom. The van der Waals surface area contributed by atoms with E-state index in [0.29, 0.717) is 24.1 Å². The van der Waals surface area contributed by atoms with Crippen molar-refractivity contribution in [3.8, 4) is 0 Å². The number of carbonyl (C=O) groups excluding carboxylic acids is 2. The first-order valence-electron chi connectivity index (χ1n) is 6.26. The SMILES string of the molecule is O=C1CCc2cc(N3CC(S(=O)(=O)Cl)CC3=O)ccc21. The van der Waals surface area contributed by atoms with Crippen LogP contribution in [0.15, 0.2) is 18.2 Å². The van der Waals surface area contributed by atoms with E-state index in [0.717, 1.165) is 5.56 Å². The Hall–Kier alpha value is -1.40. The van der Waals surface area contributed by atoms with Crippen LogP contribution in [0.25, 0.3) is 0 Å². The molecule has 0 spiro atoms. The van der Waals surface area contributed by atoms with Crippen molar-refractivity contribution in [2.75, 3.05) is 11.4 Å². The minimum absolute atomic E-state index is 0.0669. The van der Waals surface area contributed by atoms with Crippen LogP contribution in [0.1, 0.15) is 28.8 Å². The van der Waals surface area contributed by atoms with E-state index < -0.39 is 14.3 Å². The largest absolute Gasteiger partial charge is 0.311 e. The van der Waals surface area contributed by atoms with Gasteiger partial charge in [-0.15, -0.1) is 0 Å². The summed E-state index contributed by atoms with van der Waals surface area (Å²) in [6.07, 6.45) is 1.06. The van der Waals surface area contributed by atoms with Gasteiger partial charge in [-0.25, -0.2) is 8.42 Å². The molecule has 0 saturated carbocycles. The zero-order valence-corrected chi connectivity index (χ0v) is 12.1. The number of anilines is 1. The van der Waals surface area contributed by atoms with E-state index in [9.17, 15) is 18.0 Å². The van der Waals surface area contributed by atoms with E-state index in [1.54, 1.807) is 18.2 Å². The van der Waals surface area contributed by atoms with Gasteiger partial charge in [-0.05, 0) is 30.2 Å². The Labute approximate surface area is 120 Å². The number of aryl methyl sites for hydroxylation is 1. The number of ketones is 1. The molecule has 1 unspecified atom stereocenters. The number of hydrogen-bond donors (Lipinski definition) is 0. The summed E-state index contributed by atoms with van der Waals surface area (Å²) in [7, 11) is 1.58. The monoisotopic (exact) mass is 313 g/mol. The molecule has 1 amide bonds. The van der Waals surface area contributed by atoms with Crippen LogP contribution in [0.2, 0.25) is 0 Å². The molecule has 1 aliphatic carbocycles. The lowest BCUT2D eigenvalue weighted by atomic mass is 10.1. The Morgan fingerprint density at radius 3 is 2.60 bits per heavy atom. The maximum atomic E-state index is 11.9. The molecule has 7 heteroatoms. The number of nitrogens with zero attached hydrogens (tertiary/aromatic N) is 1. The number of rotatable bonds is 2. The third-order valence-electron chi connectivity index (χ3n) is 3.81.